The van der Waals surface area contributed by atoms with E-state index in [2.05, 4.69) is 16.4 Å². The number of ether oxygens (including phenoxy) is 1. The summed E-state index contributed by atoms with van der Waals surface area (Å²) in [7, 11) is 0. The zero-order chi connectivity index (χ0) is 11.8. The lowest BCUT2D eigenvalue weighted by Gasteiger charge is -2.11. The standard InChI is InChI=1S/C14H22N2O/c1-2-6-14(5-1)17-11-10-15-9-7-13-4-3-8-16-12-13/h3-4,8,12,14-15H,1-2,5-7,9-11H2. The first-order valence-electron chi connectivity index (χ1n) is 6.66. The molecule has 0 amide bonds. The topological polar surface area (TPSA) is 34.2 Å². The molecule has 3 heteroatoms. The Bertz CT molecular complexity index is 296. The first-order valence-corrected chi connectivity index (χ1v) is 6.66. The summed E-state index contributed by atoms with van der Waals surface area (Å²) in [5.74, 6) is 0. The Labute approximate surface area is 104 Å². The van der Waals surface area contributed by atoms with Crippen LogP contribution >= 0.6 is 0 Å². The third kappa shape index (κ3) is 4.84. The molecular formula is C14H22N2O. The molecule has 2 rings (SSSR count). The highest BCUT2D eigenvalue weighted by Crippen LogP contribution is 2.20. The van der Waals surface area contributed by atoms with Crippen LogP contribution in [0.1, 0.15) is 31.2 Å². The molecule has 0 radical (unpaired) electrons. The van der Waals surface area contributed by atoms with Crippen LogP contribution in [0.2, 0.25) is 0 Å². The van der Waals surface area contributed by atoms with Crippen LogP contribution in [-0.2, 0) is 11.2 Å². The van der Waals surface area contributed by atoms with E-state index >= 15 is 0 Å². The third-order valence-electron chi connectivity index (χ3n) is 3.25. The number of hydrogen-bond acceptors (Lipinski definition) is 3. The van der Waals surface area contributed by atoms with Gasteiger partial charge in [0.1, 0.15) is 0 Å². The van der Waals surface area contributed by atoms with Crippen LogP contribution in [-0.4, -0.2) is 30.8 Å². The SMILES string of the molecule is c1cncc(CCNCCOC2CCCC2)c1. The van der Waals surface area contributed by atoms with Gasteiger partial charge in [-0.2, -0.15) is 0 Å². The van der Waals surface area contributed by atoms with Crippen molar-refractivity contribution in [1.29, 1.82) is 0 Å². The fourth-order valence-electron chi connectivity index (χ4n) is 2.26. The second-order valence-corrected chi connectivity index (χ2v) is 4.64. The Morgan fingerprint density at radius 3 is 2.94 bits per heavy atom. The third-order valence-corrected chi connectivity index (χ3v) is 3.25. The lowest BCUT2D eigenvalue weighted by Crippen LogP contribution is -2.24. The number of nitrogens with one attached hydrogen (secondary N) is 1. The molecular weight excluding hydrogens is 212 g/mol. The Morgan fingerprint density at radius 1 is 1.29 bits per heavy atom. The average Bonchev–Trinajstić information content (AvgIpc) is 2.88. The van der Waals surface area contributed by atoms with Crippen LogP contribution in [0.5, 0.6) is 0 Å². The molecule has 0 bridgehead atoms. The van der Waals surface area contributed by atoms with Crippen molar-refractivity contribution in [2.45, 2.75) is 38.2 Å². The zero-order valence-corrected chi connectivity index (χ0v) is 10.4. The summed E-state index contributed by atoms with van der Waals surface area (Å²) in [6.45, 7) is 2.80. The minimum absolute atomic E-state index is 0.537. The van der Waals surface area contributed by atoms with Gasteiger partial charge in [-0.1, -0.05) is 18.9 Å². The van der Waals surface area contributed by atoms with E-state index in [9.17, 15) is 0 Å². The van der Waals surface area contributed by atoms with Crippen molar-refractivity contribution in [3.05, 3.63) is 30.1 Å². The van der Waals surface area contributed by atoms with Gasteiger partial charge in [-0.25, -0.2) is 0 Å². The molecule has 1 aliphatic carbocycles. The van der Waals surface area contributed by atoms with Gasteiger partial charge in [-0.3, -0.25) is 4.98 Å². The van der Waals surface area contributed by atoms with E-state index in [1.165, 1.54) is 31.2 Å². The maximum absolute atomic E-state index is 5.78. The van der Waals surface area contributed by atoms with Crippen LogP contribution in [0.25, 0.3) is 0 Å². The molecule has 0 aliphatic heterocycles. The number of nitrogens with zero attached hydrogens (tertiary/aromatic N) is 1. The van der Waals surface area contributed by atoms with Gasteiger partial charge in [0.15, 0.2) is 0 Å². The summed E-state index contributed by atoms with van der Waals surface area (Å²) >= 11 is 0. The first kappa shape index (κ1) is 12.5. The van der Waals surface area contributed by atoms with Gasteiger partial charge in [-0.15, -0.1) is 0 Å². The predicted molar refractivity (Wildman–Crippen MR) is 69.0 cm³/mol. The van der Waals surface area contributed by atoms with Gasteiger partial charge >= 0.3 is 0 Å². The summed E-state index contributed by atoms with van der Waals surface area (Å²) in [5.41, 5.74) is 1.29. The smallest absolute Gasteiger partial charge is 0.0594 e. The van der Waals surface area contributed by atoms with Crippen molar-refractivity contribution < 1.29 is 4.74 Å². The van der Waals surface area contributed by atoms with Crippen LogP contribution in [0.15, 0.2) is 24.5 Å². The molecule has 1 N–H and O–H groups in total. The minimum atomic E-state index is 0.537. The molecule has 0 saturated heterocycles. The summed E-state index contributed by atoms with van der Waals surface area (Å²) in [4.78, 5) is 4.10. The van der Waals surface area contributed by atoms with Crippen molar-refractivity contribution in [2.24, 2.45) is 0 Å². The molecule has 1 heterocycles. The van der Waals surface area contributed by atoms with Crippen LogP contribution in [0.4, 0.5) is 0 Å². The van der Waals surface area contributed by atoms with Crippen molar-refractivity contribution in [2.75, 3.05) is 19.7 Å². The Hall–Kier alpha value is -0.930. The zero-order valence-electron chi connectivity index (χ0n) is 10.4. The van der Waals surface area contributed by atoms with E-state index < -0.39 is 0 Å². The summed E-state index contributed by atoms with van der Waals surface area (Å²) in [6, 6.07) is 4.10. The number of rotatable bonds is 7. The molecule has 1 aromatic heterocycles. The highest BCUT2D eigenvalue weighted by Gasteiger charge is 2.14. The first-order chi connectivity index (χ1) is 8.45. The fourth-order valence-corrected chi connectivity index (χ4v) is 2.26. The average molecular weight is 234 g/mol. The fraction of sp³-hybridized carbons (Fsp3) is 0.643. The van der Waals surface area contributed by atoms with E-state index in [1.54, 1.807) is 0 Å². The van der Waals surface area contributed by atoms with E-state index in [0.29, 0.717) is 6.10 Å². The summed E-state index contributed by atoms with van der Waals surface area (Å²) in [6.07, 6.45) is 10.5. The quantitative estimate of drug-likeness (QED) is 0.734. The highest BCUT2D eigenvalue weighted by molar-refractivity contribution is 5.08. The summed E-state index contributed by atoms with van der Waals surface area (Å²) < 4.78 is 5.78. The molecule has 1 fully saturated rings. The number of aromatic nitrogens is 1. The Morgan fingerprint density at radius 2 is 2.18 bits per heavy atom. The van der Waals surface area contributed by atoms with Gasteiger partial charge in [0.2, 0.25) is 0 Å². The van der Waals surface area contributed by atoms with Gasteiger partial charge in [-0.05, 0) is 37.4 Å². The second-order valence-electron chi connectivity index (χ2n) is 4.64. The molecule has 0 aromatic carbocycles. The molecule has 0 spiro atoms. The maximum atomic E-state index is 5.78. The van der Waals surface area contributed by atoms with Crippen LogP contribution in [0.3, 0.4) is 0 Å². The van der Waals surface area contributed by atoms with Gasteiger partial charge in [0.05, 0.1) is 12.7 Å². The predicted octanol–water partition coefficient (Wildman–Crippen LogP) is 2.17. The molecule has 17 heavy (non-hydrogen) atoms. The molecule has 3 nitrogen and oxygen atoms in total. The maximum Gasteiger partial charge on any atom is 0.0594 e. The lowest BCUT2D eigenvalue weighted by atomic mass is 10.2. The number of hydrogen-bond donors (Lipinski definition) is 1. The van der Waals surface area contributed by atoms with Gasteiger partial charge in [0, 0.05) is 18.9 Å². The van der Waals surface area contributed by atoms with Gasteiger partial charge in [0.25, 0.3) is 0 Å². The summed E-state index contributed by atoms with van der Waals surface area (Å²) in [5, 5.41) is 3.41. The van der Waals surface area contributed by atoms with Crippen molar-refractivity contribution in [3.8, 4) is 0 Å². The molecule has 0 atom stereocenters. The van der Waals surface area contributed by atoms with Crippen molar-refractivity contribution in [3.63, 3.8) is 0 Å². The van der Waals surface area contributed by atoms with Gasteiger partial charge < -0.3 is 10.1 Å². The lowest BCUT2D eigenvalue weighted by molar-refractivity contribution is 0.0605. The van der Waals surface area contributed by atoms with Crippen LogP contribution < -0.4 is 5.32 Å². The van der Waals surface area contributed by atoms with Crippen molar-refractivity contribution >= 4 is 0 Å². The van der Waals surface area contributed by atoms with E-state index in [-0.39, 0.29) is 0 Å². The minimum Gasteiger partial charge on any atom is -0.377 e. The Balaban J connectivity index is 1.46. The Kier molecular flexibility index (Phi) is 5.46. The molecule has 1 saturated carbocycles. The van der Waals surface area contributed by atoms with E-state index in [0.717, 1.165) is 26.1 Å². The second kappa shape index (κ2) is 7.41. The largest absolute Gasteiger partial charge is 0.377 e. The molecule has 1 aromatic rings. The molecule has 94 valence electrons. The van der Waals surface area contributed by atoms with Crippen molar-refractivity contribution in [1.82, 2.24) is 10.3 Å². The molecule has 0 unspecified atom stereocenters. The van der Waals surface area contributed by atoms with E-state index in [1.807, 2.05) is 18.5 Å². The van der Waals surface area contributed by atoms with Crippen LogP contribution in [0, 0.1) is 0 Å². The monoisotopic (exact) mass is 234 g/mol. The number of pyridine rings is 1. The van der Waals surface area contributed by atoms with E-state index in [4.69, 9.17) is 4.74 Å². The molecule has 1 aliphatic rings. The highest BCUT2D eigenvalue weighted by atomic mass is 16.5. The normalized spacial score (nSPS) is 16.5.